The Bertz CT molecular complexity index is 957. The summed E-state index contributed by atoms with van der Waals surface area (Å²) >= 11 is 5.30. The van der Waals surface area contributed by atoms with Crippen LogP contribution >= 0.6 is 12.2 Å². The van der Waals surface area contributed by atoms with Crippen LogP contribution in [0.25, 0.3) is 0 Å². The van der Waals surface area contributed by atoms with Gasteiger partial charge in [-0.15, -0.1) is 0 Å². The van der Waals surface area contributed by atoms with Crippen LogP contribution in [-0.2, 0) is 13.0 Å². The van der Waals surface area contributed by atoms with Gasteiger partial charge in [0.05, 0.1) is 6.21 Å². The molecule has 0 amide bonds. The number of ether oxygens (including phenoxy) is 1. The van der Waals surface area contributed by atoms with Crippen LogP contribution in [0.15, 0.2) is 53.6 Å². The number of aryl methyl sites for hydroxylation is 2. The maximum Gasteiger partial charge on any atom is 0.216 e. The summed E-state index contributed by atoms with van der Waals surface area (Å²) in [7, 11) is 0. The first-order valence-electron chi connectivity index (χ1n) is 9.15. The summed E-state index contributed by atoms with van der Waals surface area (Å²) in [5.41, 5.74) is 3.27. The molecule has 0 unspecified atom stereocenters. The smallest absolute Gasteiger partial charge is 0.216 e. The lowest BCUT2D eigenvalue weighted by molar-refractivity contribution is 0.306. The van der Waals surface area contributed by atoms with E-state index < -0.39 is 0 Å². The minimum absolute atomic E-state index is 0.496. The number of hydrogen-bond donors (Lipinski definition) is 1. The monoisotopic (exact) mass is 380 g/mol. The highest BCUT2D eigenvalue weighted by Gasteiger charge is 2.06. The molecule has 2 aromatic carbocycles. The van der Waals surface area contributed by atoms with Crippen molar-refractivity contribution in [2.45, 2.75) is 39.7 Å². The molecule has 3 aromatic rings. The fourth-order valence-electron chi connectivity index (χ4n) is 2.62. The molecule has 0 spiro atoms. The van der Waals surface area contributed by atoms with Gasteiger partial charge in [0.2, 0.25) is 4.77 Å². The van der Waals surface area contributed by atoms with Crippen LogP contribution < -0.4 is 4.74 Å². The van der Waals surface area contributed by atoms with Gasteiger partial charge in [-0.1, -0.05) is 55.3 Å². The highest BCUT2D eigenvalue weighted by atomic mass is 32.1. The summed E-state index contributed by atoms with van der Waals surface area (Å²) in [6.07, 6.45) is 4.75. The largest absolute Gasteiger partial charge is 0.488 e. The van der Waals surface area contributed by atoms with E-state index in [1.54, 1.807) is 10.9 Å². The molecule has 6 heteroatoms. The van der Waals surface area contributed by atoms with Crippen molar-refractivity contribution in [2.75, 3.05) is 0 Å². The average molecular weight is 381 g/mol. The van der Waals surface area contributed by atoms with Gasteiger partial charge < -0.3 is 4.74 Å². The van der Waals surface area contributed by atoms with E-state index in [1.807, 2.05) is 24.3 Å². The molecule has 0 fully saturated rings. The van der Waals surface area contributed by atoms with E-state index in [9.17, 15) is 0 Å². The van der Waals surface area contributed by atoms with E-state index in [2.05, 4.69) is 53.4 Å². The Kier molecular flexibility index (Phi) is 6.54. The number of unbranched alkanes of at least 4 members (excludes halogenated alkanes) is 1. The standard InChI is InChI=1S/C21H24N4OS/c1-3-4-9-20-23-24-21(27)25(20)22-14-18-7-5-6-8-19(18)26-15-17-12-10-16(2)11-13-17/h5-8,10-14H,3-4,9,15H2,1-2H3,(H,24,27)/b22-14+. The van der Waals surface area contributed by atoms with E-state index in [1.165, 1.54) is 5.56 Å². The molecule has 1 heterocycles. The Morgan fingerprint density at radius 2 is 1.96 bits per heavy atom. The first kappa shape index (κ1) is 19.0. The number of benzene rings is 2. The second-order valence-corrected chi connectivity index (χ2v) is 6.80. The van der Waals surface area contributed by atoms with Crippen LogP contribution in [-0.4, -0.2) is 21.1 Å². The number of nitrogens with one attached hydrogen (secondary N) is 1. The van der Waals surface area contributed by atoms with E-state index >= 15 is 0 Å². The molecule has 0 aliphatic rings. The summed E-state index contributed by atoms with van der Waals surface area (Å²) < 4.78 is 8.19. The molecule has 0 atom stereocenters. The third kappa shape index (κ3) is 5.14. The molecule has 0 aliphatic carbocycles. The topological polar surface area (TPSA) is 55.2 Å². The SMILES string of the molecule is CCCCc1n[nH]c(=S)n1/N=C/c1ccccc1OCc1ccc(C)cc1. The molecular formula is C21H24N4OS. The van der Waals surface area contributed by atoms with Crippen molar-refractivity contribution >= 4 is 18.4 Å². The van der Waals surface area contributed by atoms with Crippen LogP contribution in [0, 0.1) is 11.7 Å². The maximum atomic E-state index is 6.01. The van der Waals surface area contributed by atoms with Crippen molar-refractivity contribution in [1.82, 2.24) is 14.9 Å². The molecule has 0 aliphatic heterocycles. The highest BCUT2D eigenvalue weighted by Crippen LogP contribution is 2.18. The lowest BCUT2D eigenvalue weighted by Gasteiger charge is -2.09. The van der Waals surface area contributed by atoms with Crippen molar-refractivity contribution < 1.29 is 4.74 Å². The van der Waals surface area contributed by atoms with Crippen molar-refractivity contribution in [1.29, 1.82) is 0 Å². The van der Waals surface area contributed by atoms with Gasteiger partial charge in [-0.05, 0) is 43.3 Å². The fraction of sp³-hybridized carbons (Fsp3) is 0.286. The van der Waals surface area contributed by atoms with Crippen LogP contribution in [0.2, 0.25) is 0 Å². The van der Waals surface area contributed by atoms with Gasteiger partial charge in [0.1, 0.15) is 12.4 Å². The zero-order valence-electron chi connectivity index (χ0n) is 15.7. The molecule has 140 valence electrons. The van der Waals surface area contributed by atoms with E-state index in [0.29, 0.717) is 11.4 Å². The Balaban J connectivity index is 1.76. The van der Waals surface area contributed by atoms with Crippen molar-refractivity contribution in [2.24, 2.45) is 5.10 Å². The zero-order chi connectivity index (χ0) is 19.1. The quantitative estimate of drug-likeness (QED) is 0.439. The number of nitrogens with zero attached hydrogens (tertiary/aromatic N) is 3. The highest BCUT2D eigenvalue weighted by molar-refractivity contribution is 7.71. The Labute approximate surface area is 164 Å². The Morgan fingerprint density at radius 1 is 1.19 bits per heavy atom. The molecule has 0 saturated carbocycles. The van der Waals surface area contributed by atoms with Crippen molar-refractivity contribution in [3.8, 4) is 5.75 Å². The second-order valence-electron chi connectivity index (χ2n) is 6.42. The molecule has 27 heavy (non-hydrogen) atoms. The average Bonchev–Trinajstić information content (AvgIpc) is 3.04. The van der Waals surface area contributed by atoms with Crippen LogP contribution in [0.4, 0.5) is 0 Å². The number of para-hydroxylation sites is 1. The lowest BCUT2D eigenvalue weighted by Crippen LogP contribution is -2.01. The van der Waals surface area contributed by atoms with Crippen molar-refractivity contribution in [3.05, 3.63) is 75.8 Å². The van der Waals surface area contributed by atoms with Gasteiger partial charge in [0.25, 0.3) is 0 Å². The minimum Gasteiger partial charge on any atom is -0.488 e. The number of H-pyrrole nitrogens is 1. The molecule has 0 saturated heterocycles. The minimum atomic E-state index is 0.496. The summed E-state index contributed by atoms with van der Waals surface area (Å²) in [5.74, 6) is 1.63. The van der Waals surface area contributed by atoms with E-state index in [-0.39, 0.29) is 0 Å². The van der Waals surface area contributed by atoms with Crippen LogP contribution in [0.1, 0.15) is 42.3 Å². The molecule has 1 N–H and O–H groups in total. The maximum absolute atomic E-state index is 6.01. The van der Waals surface area contributed by atoms with Crippen LogP contribution in [0.3, 0.4) is 0 Å². The van der Waals surface area contributed by atoms with Gasteiger partial charge in [0.15, 0.2) is 5.82 Å². The van der Waals surface area contributed by atoms with Gasteiger partial charge in [-0.25, -0.2) is 0 Å². The zero-order valence-corrected chi connectivity index (χ0v) is 16.5. The molecule has 0 radical (unpaired) electrons. The van der Waals surface area contributed by atoms with Gasteiger partial charge in [0, 0.05) is 12.0 Å². The summed E-state index contributed by atoms with van der Waals surface area (Å²) in [6, 6.07) is 16.2. The molecule has 5 nitrogen and oxygen atoms in total. The molecule has 0 bridgehead atoms. The van der Waals surface area contributed by atoms with Gasteiger partial charge >= 0.3 is 0 Å². The Hall–Kier alpha value is -2.73. The number of aromatic nitrogens is 3. The predicted octanol–water partition coefficient (Wildman–Crippen LogP) is 5.05. The molecule has 1 aromatic heterocycles. The van der Waals surface area contributed by atoms with E-state index in [4.69, 9.17) is 17.0 Å². The fourth-order valence-corrected chi connectivity index (χ4v) is 2.82. The second kappa shape index (κ2) is 9.28. The number of rotatable bonds is 8. The van der Waals surface area contributed by atoms with E-state index in [0.717, 1.165) is 42.0 Å². The third-order valence-corrected chi connectivity index (χ3v) is 4.48. The number of aromatic amines is 1. The number of hydrogen-bond acceptors (Lipinski definition) is 4. The van der Waals surface area contributed by atoms with Crippen molar-refractivity contribution in [3.63, 3.8) is 0 Å². The molecule has 3 rings (SSSR count). The summed E-state index contributed by atoms with van der Waals surface area (Å²) in [6.45, 7) is 4.74. The first-order chi connectivity index (χ1) is 13.2. The molecular weight excluding hydrogens is 356 g/mol. The summed E-state index contributed by atoms with van der Waals surface area (Å²) in [5, 5.41) is 11.6. The summed E-state index contributed by atoms with van der Waals surface area (Å²) in [4.78, 5) is 0. The first-order valence-corrected chi connectivity index (χ1v) is 9.56. The predicted molar refractivity (Wildman–Crippen MR) is 111 cm³/mol. The normalized spacial score (nSPS) is 11.2. The lowest BCUT2D eigenvalue weighted by atomic mass is 10.1. The van der Waals surface area contributed by atoms with Gasteiger partial charge in [-0.2, -0.15) is 14.9 Å². The Morgan fingerprint density at radius 3 is 2.74 bits per heavy atom. The van der Waals surface area contributed by atoms with Gasteiger partial charge in [-0.3, -0.25) is 5.10 Å². The third-order valence-electron chi connectivity index (χ3n) is 4.22. The van der Waals surface area contributed by atoms with Crippen LogP contribution in [0.5, 0.6) is 5.75 Å².